The maximum Gasteiger partial charge on any atom is 0.307 e. The summed E-state index contributed by atoms with van der Waals surface area (Å²) >= 11 is 0. The highest BCUT2D eigenvalue weighted by Crippen LogP contribution is 2.34. The van der Waals surface area contributed by atoms with Crippen LogP contribution in [0.4, 0.5) is 0 Å². The van der Waals surface area contributed by atoms with Gasteiger partial charge in [0.2, 0.25) is 9.84 Å². The van der Waals surface area contributed by atoms with Crippen molar-refractivity contribution in [2.45, 2.75) is 23.1 Å². The quantitative estimate of drug-likeness (QED) is 0.464. The SMILES string of the molecule is CCOc1cc(CC(=O)O)cc(S(=O)(=O)c2ccc(Oc3ccc(OC)c(OC)c3)cc2)c1. The Morgan fingerprint density at radius 3 is 2.09 bits per heavy atom. The molecule has 0 radical (unpaired) electrons. The summed E-state index contributed by atoms with van der Waals surface area (Å²) < 4.78 is 48.0. The zero-order chi connectivity index (χ0) is 24.0. The lowest BCUT2D eigenvalue weighted by atomic mass is 10.1. The van der Waals surface area contributed by atoms with E-state index in [-0.39, 0.29) is 16.2 Å². The number of carbonyl (C=O) groups is 1. The largest absolute Gasteiger partial charge is 0.494 e. The fourth-order valence-electron chi connectivity index (χ4n) is 3.15. The maximum absolute atomic E-state index is 13.2. The molecule has 0 heterocycles. The molecule has 174 valence electrons. The molecule has 33 heavy (non-hydrogen) atoms. The van der Waals surface area contributed by atoms with Crippen LogP contribution in [0.1, 0.15) is 12.5 Å². The van der Waals surface area contributed by atoms with Gasteiger partial charge in [-0.15, -0.1) is 0 Å². The Morgan fingerprint density at radius 1 is 0.818 bits per heavy atom. The molecule has 0 amide bonds. The Bertz CT molecular complexity index is 1230. The molecule has 0 saturated carbocycles. The number of sulfone groups is 1. The molecule has 3 rings (SSSR count). The van der Waals surface area contributed by atoms with Crippen molar-refractivity contribution < 1.29 is 37.3 Å². The van der Waals surface area contributed by atoms with Crippen LogP contribution in [-0.2, 0) is 21.1 Å². The Hall–Kier alpha value is -3.72. The van der Waals surface area contributed by atoms with Crippen LogP contribution < -0.4 is 18.9 Å². The van der Waals surface area contributed by atoms with Crippen molar-refractivity contribution in [1.82, 2.24) is 0 Å². The first-order valence-corrected chi connectivity index (χ1v) is 11.5. The van der Waals surface area contributed by atoms with Crippen molar-refractivity contribution in [2.75, 3.05) is 20.8 Å². The van der Waals surface area contributed by atoms with E-state index in [4.69, 9.17) is 24.1 Å². The predicted molar refractivity (Wildman–Crippen MR) is 120 cm³/mol. The molecule has 0 aliphatic rings. The molecule has 0 fully saturated rings. The van der Waals surface area contributed by atoms with Crippen LogP contribution in [0.5, 0.6) is 28.7 Å². The zero-order valence-electron chi connectivity index (χ0n) is 18.4. The third kappa shape index (κ3) is 5.75. The first-order valence-electron chi connectivity index (χ1n) is 10.0. The number of hydrogen-bond donors (Lipinski definition) is 1. The van der Waals surface area contributed by atoms with Crippen LogP contribution in [0.15, 0.2) is 70.5 Å². The lowest BCUT2D eigenvalue weighted by molar-refractivity contribution is -0.136. The molecule has 8 nitrogen and oxygen atoms in total. The Labute approximate surface area is 192 Å². The number of benzene rings is 3. The molecule has 0 atom stereocenters. The molecule has 0 aliphatic heterocycles. The van der Waals surface area contributed by atoms with Gasteiger partial charge < -0.3 is 24.1 Å². The standard InChI is InChI=1S/C24H24O8S/c1-4-31-19-11-16(13-24(25)26)12-21(14-19)33(27,28)20-8-5-17(6-9-20)32-18-7-10-22(29-2)23(15-18)30-3/h5-12,14-15H,4,13H2,1-3H3,(H,25,26). The van der Waals surface area contributed by atoms with Gasteiger partial charge in [-0.1, -0.05) is 0 Å². The highest BCUT2D eigenvalue weighted by atomic mass is 32.2. The number of methoxy groups -OCH3 is 2. The minimum absolute atomic E-state index is 0.0390. The van der Waals surface area contributed by atoms with E-state index < -0.39 is 15.8 Å². The van der Waals surface area contributed by atoms with Crippen molar-refractivity contribution in [3.8, 4) is 28.7 Å². The summed E-state index contributed by atoms with van der Waals surface area (Å²) in [6, 6.07) is 15.2. The molecule has 0 saturated heterocycles. The van der Waals surface area contributed by atoms with Gasteiger partial charge in [-0.05, 0) is 67.1 Å². The van der Waals surface area contributed by atoms with Crippen LogP contribution in [0.25, 0.3) is 0 Å². The van der Waals surface area contributed by atoms with E-state index >= 15 is 0 Å². The lowest BCUT2D eigenvalue weighted by Crippen LogP contribution is -2.06. The number of carboxylic acids is 1. The van der Waals surface area contributed by atoms with E-state index in [0.29, 0.717) is 40.9 Å². The van der Waals surface area contributed by atoms with Crippen LogP contribution >= 0.6 is 0 Å². The third-order valence-corrected chi connectivity index (χ3v) is 6.39. The molecular formula is C24H24O8S. The monoisotopic (exact) mass is 472 g/mol. The summed E-state index contributed by atoms with van der Waals surface area (Å²) in [5.41, 5.74) is 0.334. The molecule has 0 unspecified atom stereocenters. The first-order chi connectivity index (χ1) is 15.8. The van der Waals surface area contributed by atoms with Crippen molar-refractivity contribution in [3.63, 3.8) is 0 Å². The molecule has 3 aromatic rings. The predicted octanol–water partition coefficient (Wildman–Crippen LogP) is 4.35. The van der Waals surface area contributed by atoms with Crippen LogP contribution in [0.3, 0.4) is 0 Å². The summed E-state index contributed by atoms with van der Waals surface area (Å²) in [5, 5.41) is 9.09. The van der Waals surface area contributed by atoms with Gasteiger partial charge in [-0.3, -0.25) is 4.79 Å². The average Bonchev–Trinajstić information content (AvgIpc) is 2.79. The summed E-state index contributed by atoms with van der Waals surface area (Å²) in [6.45, 7) is 2.08. The van der Waals surface area contributed by atoms with E-state index in [0.717, 1.165) is 0 Å². The fraction of sp³-hybridized carbons (Fsp3) is 0.208. The summed E-state index contributed by atoms with van der Waals surface area (Å²) in [7, 11) is -0.861. The Balaban J connectivity index is 1.88. The number of carboxylic acid groups (broad SMARTS) is 1. The molecule has 9 heteroatoms. The van der Waals surface area contributed by atoms with Crippen molar-refractivity contribution in [2.24, 2.45) is 0 Å². The highest BCUT2D eigenvalue weighted by Gasteiger charge is 2.20. The summed E-state index contributed by atoms with van der Waals surface area (Å²) in [6.07, 6.45) is -0.318. The van der Waals surface area contributed by atoms with E-state index in [2.05, 4.69) is 0 Å². The molecule has 1 N–H and O–H groups in total. The van der Waals surface area contributed by atoms with Gasteiger partial charge in [0.05, 0.1) is 37.0 Å². The van der Waals surface area contributed by atoms with E-state index in [1.54, 1.807) is 25.1 Å². The molecule has 0 bridgehead atoms. The second kappa shape index (κ2) is 10.3. The smallest absolute Gasteiger partial charge is 0.307 e. The highest BCUT2D eigenvalue weighted by molar-refractivity contribution is 7.91. The topological polar surface area (TPSA) is 108 Å². The summed E-state index contributed by atoms with van der Waals surface area (Å²) in [5.74, 6) is 1.21. The van der Waals surface area contributed by atoms with E-state index in [9.17, 15) is 13.2 Å². The lowest BCUT2D eigenvalue weighted by Gasteiger charge is -2.12. The normalized spacial score (nSPS) is 11.0. The average molecular weight is 473 g/mol. The van der Waals surface area contributed by atoms with Crippen LogP contribution in [0, 0.1) is 0 Å². The third-order valence-electron chi connectivity index (χ3n) is 4.64. The molecule has 0 aliphatic carbocycles. The molecule has 3 aromatic carbocycles. The molecular weight excluding hydrogens is 448 g/mol. The second-order valence-electron chi connectivity index (χ2n) is 6.91. The minimum atomic E-state index is -3.91. The van der Waals surface area contributed by atoms with Crippen LogP contribution in [-0.4, -0.2) is 40.3 Å². The van der Waals surface area contributed by atoms with Gasteiger partial charge in [0.25, 0.3) is 0 Å². The Kier molecular flexibility index (Phi) is 7.44. The van der Waals surface area contributed by atoms with E-state index in [1.807, 2.05) is 0 Å². The minimum Gasteiger partial charge on any atom is -0.494 e. The Morgan fingerprint density at radius 2 is 1.48 bits per heavy atom. The second-order valence-corrected chi connectivity index (χ2v) is 8.86. The van der Waals surface area contributed by atoms with Gasteiger partial charge in [0.15, 0.2) is 11.5 Å². The number of rotatable bonds is 10. The van der Waals surface area contributed by atoms with Gasteiger partial charge in [-0.2, -0.15) is 0 Å². The molecule has 0 aromatic heterocycles. The van der Waals surface area contributed by atoms with Crippen molar-refractivity contribution in [3.05, 3.63) is 66.2 Å². The van der Waals surface area contributed by atoms with Crippen LogP contribution in [0.2, 0.25) is 0 Å². The zero-order valence-corrected chi connectivity index (χ0v) is 19.2. The number of ether oxygens (including phenoxy) is 4. The maximum atomic E-state index is 13.2. The van der Waals surface area contributed by atoms with Gasteiger partial charge in [0.1, 0.15) is 17.2 Å². The fourth-order valence-corrected chi connectivity index (χ4v) is 4.50. The van der Waals surface area contributed by atoms with Gasteiger partial charge in [-0.25, -0.2) is 8.42 Å². The van der Waals surface area contributed by atoms with Crippen molar-refractivity contribution >= 4 is 15.8 Å². The number of aliphatic carboxylic acids is 1. The van der Waals surface area contributed by atoms with Gasteiger partial charge in [0, 0.05) is 6.07 Å². The first kappa shape index (κ1) is 23.9. The molecule has 0 spiro atoms. The van der Waals surface area contributed by atoms with E-state index in [1.165, 1.54) is 56.7 Å². The van der Waals surface area contributed by atoms with Gasteiger partial charge >= 0.3 is 5.97 Å². The summed E-state index contributed by atoms with van der Waals surface area (Å²) in [4.78, 5) is 11.1. The number of hydrogen-bond acceptors (Lipinski definition) is 7. The van der Waals surface area contributed by atoms with Crippen molar-refractivity contribution in [1.29, 1.82) is 0 Å².